The highest BCUT2D eigenvalue weighted by atomic mass is 19.1. The van der Waals surface area contributed by atoms with Crippen LogP contribution in [0, 0.1) is 5.82 Å². The van der Waals surface area contributed by atoms with E-state index in [0.29, 0.717) is 0 Å². The molecule has 0 unspecified atom stereocenters. The first kappa shape index (κ1) is 19.7. The number of aromatic nitrogens is 2. The van der Waals surface area contributed by atoms with Crippen molar-refractivity contribution in [1.29, 1.82) is 0 Å². The van der Waals surface area contributed by atoms with Gasteiger partial charge in [0.2, 0.25) is 0 Å². The number of furan rings is 1. The highest BCUT2D eigenvalue weighted by Crippen LogP contribution is 2.29. The lowest BCUT2D eigenvalue weighted by atomic mass is 10.1. The molecule has 2 aromatic heterocycles. The van der Waals surface area contributed by atoms with Crippen LogP contribution in [0.3, 0.4) is 0 Å². The lowest BCUT2D eigenvalue weighted by Crippen LogP contribution is -2.43. The summed E-state index contributed by atoms with van der Waals surface area (Å²) in [6, 6.07) is 18.6. The maximum atomic E-state index is 13.2. The van der Waals surface area contributed by atoms with E-state index in [1.165, 1.54) is 12.1 Å². The first-order chi connectivity index (χ1) is 15.2. The summed E-state index contributed by atoms with van der Waals surface area (Å²) >= 11 is 0. The third kappa shape index (κ3) is 4.17. The SMILES string of the molecule is CN1CCN(Cc2cnn(-c3ccc(-c4ccc(F)cc4)cc3)c2-c2ccco2)CC1. The number of piperazine rings is 1. The van der Waals surface area contributed by atoms with Gasteiger partial charge in [-0.1, -0.05) is 24.3 Å². The first-order valence-corrected chi connectivity index (χ1v) is 10.6. The molecule has 0 amide bonds. The molecule has 158 valence electrons. The van der Waals surface area contributed by atoms with E-state index in [4.69, 9.17) is 9.52 Å². The van der Waals surface area contributed by atoms with Crippen molar-refractivity contribution in [2.45, 2.75) is 6.54 Å². The van der Waals surface area contributed by atoms with Gasteiger partial charge in [0, 0.05) is 38.3 Å². The van der Waals surface area contributed by atoms with E-state index >= 15 is 0 Å². The van der Waals surface area contributed by atoms with Gasteiger partial charge in [-0.05, 0) is 54.6 Å². The van der Waals surface area contributed by atoms with Crippen LogP contribution in [-0.2, 0) is 6.54 Å². The molecule has 0 N–H and O–H groups in total. The third-order valence-corrected chi connectivity index (χ3v) is 5.88. The minimum absolute atomic E-state index is 0.229. The summed E-state index contributed by atoms with van der Waals surface area (Å²) in [5.74, 6) is 0.581. The van der Waals surface area contributed by atoms with Gasteiger partial charge in [0.15, 0.2) is 5.76 Å². The van der Waals surface area contributed by atoms with Crippen LogP contribution in [0.25, 0.3) is 28.3 Å². The van der Waals surface area contributed by atoms with Gasteiger partial charge in [-0.15, -0.1) is 0 Å². The van der Waals surface area contributed by atoms with E-state index in [1.807, 2.05) is 47.3 Å². The molecule has 0 saturated carbocycles. The number of nitrogens with zero attached hydrogens (tertiary/aromatic N) is 4. The average molecular weight is 417 g/mol. The van der Waals surface area contributed by atoms with Crippen LogP contribution in [0.15, 0.2) is 77.5 Å². The fourth-order valence-electron chi connectivity index (χ4n) is 4.05. The van der Waals surface area contributed by atoms with Gasteiger partial charge in [-0.3, -0.25) is 4.90 Å². The molecule has 1 aliphatic heterocycles. The van der Waals surface area contributed by atoms with Gasteiger partial charge in [-0.2, -0.15) is 5.10 Å². The van der Waals surface area contributed by atoms with Crippen molar-refractivity contribution in [3.8, 4) is 28.3 Å². The second-order valence-corrected chi connectivity index (χ2v) is 8.04. The Morgan fingerprint density at radius 2 is 1.58 bits per heavy atom. The molecule has 0 bridgehead atoms. The minimum atomic E-state index is -0.229. The molecular formula is C25H25FN4O. The summed E-state index contributed by atoms with van der Waals surface area (Å²) in [5, 5.41) is 4.71. The third-order valence-electron chi connectivity index (χ3n) is 5.88. The number of halogens is 1. The lowest BCUT2D eigenvalue weighted by Gasteiger charge is -2.32. The molecule has 5 rings (SSSR count). The number of hydrogen-bond acceptors (Lipinski definition) is 4. The van der Waals surface area contributed by atoms with Crippen LogP contribution in [0.1, 0.15) is 5.56 Å². The van der Waals surface area contributed by atoms with Crippen molar-refractivity contribution < 1.29 is 8.81 Å². The topological polar surface area (TPSA) is 37.4 Å². The first-order valence-electron chi connectivity index (χ1n) is 10.6. The highest BCUT2D eigenvalue weighted by Gasteiger charge is 2.21. The second-order valence-electron chi connectivity index (χ2n) is 8.04. The molecule has 3 heterocycles. The van der Waals surface area contributed by atoms with E-state index in [-0.39, 0.29) is 5.82 Å². The van der Waals surface area contributed by atoms with Crippen molar-refractivity contribution in [3.05, 3.63) is 84.5 Å². The maximum absolute atomic E-state index is 13.2. The van der Waals surface area contributed by atoms with E-state index in [0.717, 1.165) is 66.6 Å². The van der Waals surface area contributed by atoms with Crippen LogP contribution in [-0.4, -0.2) is 52.8 Å². The average Bonchev–Trinajstić information content (AvgIpc) is 3.46. The Bertz CT molecular complexity index is 1130. The van der Waals surface area contributed by atoms with Crippen LogP contribution in [0.4, 0.5) is 4.39 Å². The molecule has 0 aliphatic carbocycles. The van der Waals surface area contributed by atoms with Gasteiger partial charge in [0.1, 0.15) is 11.5 Å². The zero-order valence-electron chi connectivity index (χ0n) is 17.5. The Kier molecular flexibility index (Phi) is 5.40. The van der Waals surface area contributed by atoms with Gasteiger partial charge in [0.25, 0.3) is 0 Å². The molecule has 1 aliphatic rings. The van der Waals surface area contributed by atoms with E-state index in [9.17, 15) is 4.39 Å². The molecule has 6 heteroatoms. The van der Waals surface area contributed by atoms with E-state index in [1.54, 1.807) is 18.4 Å². The molecule has 1 fully saturated rings. The molecule has 0 radical (unpaired) electrons. The van der Waals surface area contributed by atoms with Crippen LogP contribution >= 0.6 is 0 Å². The quantitative estimate of drug-likeness (QED) is 0.473. The monoisotopic (exact) mass is 416 g/mol. The largest absolute Gasteiger partial charge is 0.463 e. The number of benzene rings is 2. The van der Waals surface area contributed by atoms with Gasteiger partial charge >= 0.3 is 0 Å². The lowest BCUT2D eigenvalue weighted by molar-refractivity contribution is 0.148. The normalized spacial score (nSPS) is 15.4. The smallest absolute Gasteiger partial charge is 0.152 e. The summed E-state index contributed by atoms with van der Waals surface area (Å²) in [6.45, 7) is 5.10. The molecule has 5 nitrogen and oxygen atoms in total. The van der Waals surface area contributed by atoms with Crippen LogP contribution in [0.5, 0.6) is 0 Å². The maximum Gasteiger partial charge on any atom is 0.152 e. The number of rotatable bonds is 5. The summed E-state index contributed by atoms with van der Waals surface area (Å²) in [4.78, 5) is 4.82. The van der Waals surface area contributed by atoms with Crippen molar-refractivity contribution in [3.63, 3.8) is 0 Å². The van der Waals surface area contributed by atoms with E-state index in [2.05, 4.69) is 16.8 Å². The van der Waals surface area contributed by atoms with Gasteiger partial charge in [-0.25, -0.2) is 9.07 Å². The van der Waals surface area contributed by atoms with Crippen molar-refractivity contribution >= 4 is 0 Å². The summed E-state index contributed by atoms with van der Waals surface area (Å²) in [5.41, 5.74) is 5.12. The fraction of sp³-hybridized carbons (Fsp3) is 0.240. The Labute approximate surface area is 181 Å². The molecule has 2 aromatic carbocycles. The molecule has 0 spiro atoms. The molecule has 0 atom stereocenters. The van der Waals surface area contributed by atoms with Crippen molar-refractivity contribution in [2.75, 3.05) is 33.2 Å². The van der Waals surface area contributed by atoms with Gasteiger partial charge in [0.05, 0.1) is 18.1 Å². The molecular weight excluding hydrogens is 391 g/mol. The Balaban J connectivity index is 1.46. The predicted octanol–water partition coefficient (Wildman–Crippen LogP) is 4.69. The minimum Gasteiger partial charge on any atom is -0.463 e. The molecule has 31 heavy (non-hydrogen) atoms. The predicted molar refractivity (Wildman–Crippen MR) is 119 cm³/mol. The summed E-state index contributed by atoms with van der Waals surface area (Å²) in [6.07, 6.45) is 3.65. The summed E-state index contributed by atoms with van der Waals surface area (Å²) in [7, 11) is 2.17. The zero-order chi connectivity index (χ0) is 21.2. The Hall–Kier alpha value is -3.22. The van der Waals surface area contributed by atoms with Crippen LogP contribution < -0.4 is 0 Å². The van der Waals surface area contributed by atoms with Crippen LogP contribution in [0.2, 0.25) is 0 Å². The summed E-state index contributed by atoms with van der Waals surface area (Å²) < 4.78 is 20.9. The van der Waals surface area contributed by atoms with Gasteiger partial charge < -0.3 is 9.32 Å². The van der Waals surface area contributed by atoms with Crippen molar-refractivity contribution in [1.82, 2.24) is 19.6 Å². The molecule has 1 saturated heterocycles. The van der Waals surface area contributed by atoms with Crippen molar-refractivity contribution in [2.24, 2.45) is 0 Å². The zero-order valence-corrected chi connectivity index (χ0v) is 17.5. The number of hydrogen-bond donors (Lipinski definition) is 0. The highest BCUT2D eigenvalue weighted by molar-refractivity contribution is 5.66. The standard InChI is InChI=1S/C25H25FN4O/c1-28-12-14-29(15-13-28)18-21-17-27-30(25(21)24-3-2-16-31-24)23-10-6-20(7-11-23)19-4-8-22(26)9-5-19/h2-11,16-17H,12-15,18H2,1H3. The second kappa shape index (κ2) is 8.49. The Morgan fingerprint density at radius 3 is 2.23 bits per heavy atom. The number of likely N-dealkylation sites (N-methyl/N-ethyl adjacent to an activating group) is 1. The Morgan fingerprint density at radius 1 is 0.903 bits per heavy atom. The van der Waals surface area contributed by atoms with E-state index < -0.39 is 0 Å². The molecule has 4 aromatic rings. The fourth-order valence-corrected chi connectivity index (χ4v) is 4.05.